The smallest absolute Gasteiger partial charge is 0.309 e. The third kappa shape index (κ3) is 1.06. The molecule has 12 heavy (non-hydrogen) atoms. The average Bonchev–Trinajstić information content (AvgIpc) is 2.28. The van der Waals surface area contributed by atoms with E-state index in [-0.39, 0.29) is 18.0 Å². The molecule has 1 saturated heterocycles. The van der Waals surface area contributed by atoms with Gasteiger partial charge in [0.15, 0.2) is 0 Å². The predicted octanol–water partition coefficient (Wildman–Crippen LogP) is 1.90. The summed E-state index contributed by atoms with van der Waals surface area (Å²) in [5, 5.41) is 0. The Hall–Kier alpha value is -0.790. The highest BCUT2D eigenvalue weighted by Gasteiger charge is 2.41. The summed E-state index contributed by atoms with van der Waals surface area (Å²) in [4.78, 5) is 11.2. The molecule has 2 unspecified atom stereocenters. The van der Waals surface area contributed by atoms with Gasteiger partial charge in [-0.15, -0.1) is 0 Å². The van der Waals surface area contributed by atoms with Gasteiger partial charge in [0.25, 0.3) is 0 Å². The molecule has 0 aromatic heterocycles. The first kappa shape index (κ1) is 7.84. The SMILES string of the molecule is CC1=CC2OC(=O)C(C)[C@H]2CC1. The van der Waals surface area contributed by atoms with E-state index >= 15 is 0 Å². The van der Waals surface area contributed by atoms with Crippen molar-refractivity contribution < 1.29 is 9.53 Å². The highest BCUT2D eigenvalue weighted by Crippen LogP contribution is 2.37. The molecule has 0 radical (unpaired) electrons. The second kappa shape index (κ2) is 2.61. The molecule has 2 nitrogen and oxygen atoms in total. The van der Waals surface area contributed by atoms with Crippen LogP contribution in [-0.4, -0.2) is 12.1 Å². The second-order valence-electron chi connectivity index (χ2n) is 3.91. The standard InChI is InChI=1S/C10H14O2/c1-6-3-4-8-7(2)10(11)12-9(8)5-6/h5,7-9H,3-4H2,1-2H3/t7?,8-,9?/m1/s1. The van der Waals surface area contributed by atoms with Crippen molar-refractivity contribution in [2.24, 2.45) is 11.8 Å². The maximum Gasteiger partial charge on any atom is 0.309 e. The number of ether oxygens (including phenoxy) is 1. The highest BCUT2D eigenvalue weighted by molar-refractivity contribution is 5.75. The van der Waals surface area contributed by atoms with Crippen LogP contribution in [0.5, 0.6) is 0 Å². The normalized spacial score (nSPS) is 40.3. The van der Waals surface area contributed by atoms with Crippen molar-refractivity contribution in [1.82, 2.24) is 0 Å². The Bertz CT molecular complexity index is 242. The van der Waals surface area contributed by atoms with Gasteiger partial charge in [0.2, 0.25) is 0 Å². The third-order valence-corrected chi connectivity index (χ3v) is 3.01. The number of allylic oxidation sites excluding steroid dienone is 1. The molecule has 0 bridgehead atoms. The van der Waals surface area contributed by atoms with Crippen molar-refractivity contribution in [3.8, 4) is 0 Å². The van der Waals surface area contributed by atoms with Crippen LogP contribution >= 0.6 is 0 Å². The Kier molecular flexibility index (Phi) is 1.71. The van der Waals surface area contributed by atoms with Crippen molar-refractivity contribution in [3.05, 3.63) is 11.6 Å². The molecular weight excluding hydrogens is 152 g/mol. The quantitative estimate of drug-likeness (QED) is 0.406. The third-order valence-electron chi connectivity index (χ3n) is 3.01. The first-order chi connectivity index (χ1) is 5.68. The van der Waals surface area contributed by atoms with E-state index in [2.05, 4.69) is 13.0 Å². The van der Waals surface area contributed by atoms with Crippen LogP contribution in [-0.2, 0) is 9.53 Å². The van der Waals surface area contributed by atoms with Crippen LogP contribution in [0.1, 0.15) is 26.7 Å². The van der Waals surface area contributed by atoms with Crippen LogP contribution in [0, 0.1) is 11.8 Å². The molecule has 0 N–H and O–H groups in total. The number of carbonyl (C=O) groups is 1. The van der Waals surface area contributed by atoms with Gasteiger partial charge in [0.1, 0.15) is 6.10 Å². The Balaban J connectivity index is 2.22. The predicted molar refractivity (Wildman–Crippen MR) is 45.5 cm³/mol. The van der Waals surface area contributed by atoms with Gasteiger partial charge in [-0.1, -0.05) is 12.5 Å². The van der Waals surface area contributed by atoms with Gasteiger partial charge >= 0.3 is 5.97 Å². The molecule has 1 aliphatic heterocycles. The van der Waals surface area contributed by atoms with Crippen LogP contribution in [0.3, 0.4) is 0 Å². The lowest BCUT2D eigenvalue weighted by molar-refractivity contribution is -0.142. The van der Waals surface area contributed by atoms with Gasteiger partial charge in [0, 0.05) is 5.92 Å². The van der Waals surface area contributed by atoms with Crippen molar-refractivity contribution in [2.75, 3.05) is 0 Å². The fraction of sp³-hybridized carbons (Fsp3) is 0.700. The van der Waals surface area contributed by atoms with Crippen LogP contribution < -0.4 is 0 Å². The van der Waals surface area contributed by atoms with E-state index in [1.165, 1.54) is 5.57 Å². The summed E-state index contributed by atoms with van der Waals surface area (Å²) in [7, 11) is 0. The molecule has 1 fully saturated rings. The molecule has 2 rings (SSSR count). The maximum atomic E-state index is 11.2. The summed E-state index contributed by atoms with van der Waals surface area (Å²) in [6, 6.07) is 0. The molecule has 3 atom stereocenters. The zero-order valence-corrected chi connectivity index (χ0v) is 7.54. The first-order valence-electron chi connectivity index (χ1n) is 4.56. The molecule has 1 heterocycles. The largest absolute Gasteiger partial charge is 0.458 e. The van der Waals surface area contributed by atoms with Gasteiger partial charge in [-0.05, 0) is 25.8 Å². The Morgan fingerprint density at radius 1 is 1.58 bits per heavy atom. The minimum atomic E-state index is -0.0176. The monoisotopic (exact) mass is 166 g/mol. The van der Waals surface area contributed by atoms with Gasteiger partial charge < -0.3 is 4.74 Å². The van der Waals surface area contributed by atoms with Crippen molar-refractivity contribution in [3.63, 3.8) is 0 Å². The summed E-state index contributed by atoms with van der Waals surface area (Å²) in [6.07, 6.45) is 4.43. The van der Waals surface area contributed by atoms with E-state index in [9.17, 15) is 4.79 Å². The molecule has 0 saturated carbocycles. The molecule has 2 heteroatoms. The fourth-order valence-electron chi connectivity index (χ4n) is 2.12. The molecule has 0 aromatic rings. The molecule has 2 aliphatic rings. The van der Waals surface area contributed by atoms with E-state index in [4.69, 9.17) is 4.74 Å². The average molecular weight is 166 g/mol. The number of fused-ring (bicyclic) bond motifs is 1. The van der Waals surface area contributed by atoms with Crippen LogP contribution in [0.4, 0.5) is 0 Å². The minimum Gasteiger partial charge on any atom is -0.458 e. The van der Waals surface area contributed by atoms with E-state index in [1.54, 1.807) is 0 Å². The highest BCUT2D eigenvalue weighted by atomic mass is 16.6. The Labute approximate surface area is 72.6 Å². The number of hydrogen-bond donors (Lipinski definition) is 0. The summed E-state index contributed by atoms with van der Waals surface area (Å²) < 4.78 is 5.23. The van der Waals surface area contributed by atoms with Crippen molar-refractivity contribution in [1.29, 1.82) is 0 Å². The van der Waals surface area contributed by atoms with Gasteiger partial charge in [-0.2, -0.15) is 0 Å². The van der Waals surface area contributed by atoms with Crippen LogP contribution in [0.25, 0.3) is 0 Å². The lowest BCUT2D eigenvalue weighted by Crippen LogP contribution is -2.21. The summed E-state index contributed by atoms with van der Waals surface area (Å²) >= 11 is 0. The van der Waals surface area contributed by atoms with Gasteiger partial charge in [-0.25, -0.2) is 0 Å². The first-order valence-corrected chi connectivity index (χ1v) is 4.56. The lowest BCUT2D eigenvalue weighted by atomic mass is 9.82. The van der Waals surface area contributed by atoms with E-state index in [1.807, 2.05) is 6.92 Å². The zero-order valence-electron chi connectivity index (χ0n) is 7.54. The van der Waals surface area contributed by atoms with E-state index in [0.717, 1.165) is 12.8 Å². The van der Waals surface area contributed by atoms with E-state index in [0.29, 0.717) is 5.92 Å². The molecule has 0 spiro atoms. The minimum absolute atomic E-state index is 0.0176. The zero-order chi connectivity index (χ0) is 8.72. The number of rotatable bonds is 0. The maximum absolute atomic E-state index is 11.2. The molecule has 0 aromatic carbocycles. The number of carbonyl (C=O) groups excluding carboxylic acids is 1. The van der Waals surface area contributed by atoms with Gasteiger partial charge in [0.05, 0.1) is 5.92 Å². The lowest BCUT2D eigenvalue weighted by Gasteiger charge is -2.22. The topological polar surface area (TPSA) is 26.3 Å². The summed E-state index contributed by atoms with van der Waals surface area (Å²) in [5.74, 6) is 0.538. The van der Waals surface area contributed by atoms with Gasteiger partial charge in [-0.3, -0.25) is 4.79 Å². The Morgan fingerprint density at radius 2 is 2.33 bits per heavy atom. The molecule has 66 valence electrons. The van der Waals surface area contributed by atoms with E-state index < -0.39 is 0 Å². The number of esters is 1. The van der Waals surface area contributed by atoms with Crippen molar-refractivity contribution >= 4 is 5.97 Å². The number of hydrogen-bond acceptors (Lipinski definition) is 2. The molecular formula is C10H14O2. The second-order valence-corrected chi connectivity index (χ2v) is 3.91. The fourth-order valence-corrected chi connectivity index (χ4v) is 2.12. The summed E-state index contributed by atoms with van der Waals surface area (Å²) in [5.41, 5.74) is 1.36. The van der Waals surface area contributed by atoms with Crippen molar-refractivity contribution in [2.45, 2.75) is 32.8 Å². The summed E-state index contributed by atoms with van der Waals surface area (Å²) in [6.45, 7) is 4.08. The Morgan fingerprint density at radius 3 is 3.08 bits per heavy atom. The van der Waals surface area contributed by atoms with Crippen LogP contribution in [0.15, 0.2) is 11.6 Å². The molecule has 1 aliphatic carbocycles. The molecule has 0 amide bonds. The van der Waals surface area contributed by atoms with Crippen LogP contribution in [0.2, 0.25) is 0 Å².